The van der Waals surface area contributed by atoms with E-state index in [1.165, 1.54) is 6.07 Å². The summed E-state index contributed by atoms with van der Waals surface area (Å²) < 4.78 is 26.7. The quantitative estimate of drug-likeness (QED) is 0.429. The zero-order chi connectivity index (χ0) is 28.8. The van der Waals surface area contributed by atoms with Gasteiger partial charge in [0.2, 0.25) is 0 Å². The Balaban J connectivity index is 1.44. The summed E-state index contributed by atoms with van der Waals surface area (Å²) in [6.07, 6.45) is 1.71. The number of hydrogen-bond donors (Lipinski definition) is 2. The Hall–Kier alpha value is -3.69. The monoisotopic (exact) mass is 560 g/mol. The van der Waals surface area contributed by atoms with Crippen molar-refractivity contribution in [3.8, 4) is 0 Å². The lowest BCUT2D eigenvalue weighted by atomic mass is 10.0. The predicted octanol–water partition coefficient (Wildman–Crippen LogP) is 4.61. The molecule has 0 bridgehead atoms. The number of benzene rings is 2. The Kier molecular flexibility index (Phi) is 7.46. The van der Waals surface area contributed by atoms with Gasteiger partial charge in [0.1, 0.15) is 0 Å². The normalized spacial score (nSPS) is 17.0. The number of aromatic amines is 1. The fraction of sp³-hybridized carbons (Fsp3) is 0.355. The number of nitrogens with one attached hydrogen (secondary N) is 2. The van der Waals surface area contributed by atoms with Gasteiger partial charge in [-0.3, -0.25) is 9.59 Å². The highest BCUT2D eigenvalue weighted by Gasteiger charge is 2.29. The molecule has 8 nitrogen and oxygen atoms in total. The van der Waals surface area contributed by atoms with Gasteiger partial charge in [0.05, 0.1) is 21.8 Å². The molecule has 1 aromatic heterocycles. The molecule has 0 spiro atoms. The van der Waals surface area contributed by atoms with Gasteiger partial charge in [0.25, 0.3) is 11.8 Å². The summed E-state index contributed by atoms with van der Waals surface area (Å²) in [4.78, 5) is 33.8. The first kappa shape index (κ1) is 27.9. The van der Waals surface area contributed by atoms with Crippen LogP contribution in [0.25, 0.3) is 11.6 Å². The summed E-state index contributed by atoms with van der Waals surface area (Å²) in [6.45, 7) is 10.9. The number of H-pyrrole nitrogens is 1. The number of hydrogen-bond acceptors (Lipinski definition) is 5. The number of carbonyl (C=O) groups is 2. The predicted molar refractivity (Wildman–Crippen MR) is 158 cm³/mol. The Morgan fingerprint density at radius 2 is 1.70 bits per heavy atom. The summed E-state index contributed by atoms with van der Waals surface area (Å²) in [5.41, 5.74) is 6.10. The minimum absolute atomic E-state index is 0.0184. The molecule has 210 valence electrons. The summed E-state index contributed by atoms with van der Waals surface area (Å²) in [6, 6.07) is 12.4. The second-order valence-electron chi connectivity index (χ2n) is 11.1. The van der Waals surface area contributed by atoms with Crippen molar-refractivity contribution in [1.82, 2.24) is 14.8 Å². The van der Waals surface area contributed by atoms with Crippen LogP contribution in [-0.4, -0.2) is 68.2 Å². The first-order chi connectivity index (χ1) is 18.9. The number of amides is 2. The number of aryl methyl sites for hydroxylation is 1. The lowest BCUT2D eigenvalue weighted by molar-refractivity contribution is -0.110. The van der Waals surface area contributed by atoms with Crippen molar-refractivity contribution in [3.63, 3.8) is 0 Å². The lowest BCUT2D eigenvalue weighted by Crippen LogP contribution is -2.47. The van der Waals surface area contributed by atoms with Gasteiger partial charge < -0.3 is 20.1 Å². The molecule has 0 unspecified atom stereocenters. The van der Waals surface area contributed by atoms with Gasteiger partial charge in [-0.2, -0.15) is 0 Å². The van der Waals surface area contributed by atoms with E-state index in [0.29, 0.717) is 52.7 Å². The number of piperazine rings is 1. The van der Waals surface area contributed by atoms with Crippen molar-refractivity contribution in [2.24, 2.45) is 0 Å². The second-order valence-corrected chi connectivity index (χ2v) is 13.1. The molecule has 5 rings (SSSR count). The lowest BCUT2D eigenvalue weighted by Gasteiger charge is -2.32. The molecule has 40 heavy (non-hydrogen) atoms. The zero-order valence-electron chi connectivity index (χ0n) is 23.7. The van der Waals surface area contributed by atoms with Crippen LogP contribution in [0.1, 0.15) is 63.8 Å². The van der Waals surface area contributed by atoms with Gasteiger partial charge in [-0.15, -0.1) is 0 Å². The van der Waals surface area contributed by atoms with E-state index in [-0.39, 0.29) is 22.5 Å². The summed E-state index contributed by atoms with van der Waals surface area (Å²) in [5, 5.41) is 2.84. The van der Waals surface area contributed by atoms with Crippen LogP contribution in [0.3, 0.4) is 0 Å². The molecule has 2 aromatic carbocycles. The van der Waals surface area contributed by atoms with Crippen molar-refractivity contribution >= 4 is 39.0 Å². The highest BCUT2D eigenvalue weighted by atomic mass is 32.2. The van der Waals surface area contributed by atoms with E-state index < -0.39 is 9.84 Å². The van der Waals surface area contributed by atoms with E-state index in [4.69, 9.17) is 0 Å². The summed E-state index contributed by atoms with van der Waals surface area (Å²) in [7, 11) is -1.60. The Morgan fingerprint density at radius 3 is 2.35 bits per heavy atom. The highest BCUT2D eigenvalue weighted by molar-refractivity contribution is 7.90. The molecule has 2 aliphatic rings. The number of carbonyl (C=O) groups excluding carboxylic acids is 2. The van der Waals surface area contributed by atoms with Crippen LogP contribution in [0.2, 0.25) is 0 Å². The van der Waals surface area contributed by atoms with Crippen molar-refractivity contribution in [2.45, 2.75) is 44.3 Å². The van der Waals surface area contributed by atoms with Gasteiger partial charge >= 0.3 is 0 Å². The van der Waals surface area contributed by atoms with Crippen LogP contribution >= 0.6 is 0 Å². The van der Waals surface area contributed by atoms with E-state index in [1.807, 2.05) is 50.1 Å². The number of aromatic nitrogens is 1. The molecule has 1 saturated heterocycles. The van der Waals surface area contributed by atoms with Gasteiger partial charge in [0.15, 0.2) is 9.84 Å². The topological polar surface area (TPSA) is 103 Å². The van der Waals surface area contributed by atoms with E-state index in [1.54, 1.807) is 18.2 Å². The van der Waals surface area contributed by atoms with Gasteiger partial charge in [-0.1, -0.05) is 38.1 Å². The summed E-state index contributed by atoms with van der Waals surface area (Å²) >= 11 is 0. The van der Waals surface area contributed by atoms with E-state index >= 15 is 0 Å². The molecule has 0 aliphatic carbocycles. The smallest absolute Gasteiger partial charge is 0.256 e. The Morgan fingerprint density at radius 1 is 1.02 bits per heavy atom. The Labute approximate surface area is 236 Å². The highest BCUT2D eigenvalue weighted by Crippen LogP contribution is 2.36. The molecule has 2 N–H and O–H groups in total. The van der Waals surface area contributed by atoms with Crippen LogP contribution in [-0.2, 0) is 20.4 Å². The van der Waals surface area contributed by atoms with E-state index in [9.17, 15) is 18.0 Å². The second kappa shape index (κ2) is 10.7. The standard InChI is InChI=1S/C31H36N4O4S/c1-19(2)23-8-6-22(7-9-23)18-40(38,39)24-10-11-27-25(16-24)26(30(36)33-27)17-28-20(3)29(21(4)32-28)31(37)35-14-12-34(5)13-15-35/h6-11,16-17,19,32H,12-15,18H2,1-5H3,(H,33,36)/b26-17-. The SMILES string of the molecule is Cc1[nH]c(/C=C2\C(=O)Nc3ccc(S(=O)(=O)Cc4ccc(C(C)C)cc4)cc32)c(C)c1C(=O)N1CCN(C)CC1. The maximum atomic E-state index is 13.3. The molecule has 0 atom stereocenters. The molecule has 3 heterocycles. The molecule has 1 fully saturated rings. The average Bonchev–Trinajstić information content (AvgIpc) is 3.37. The number of likely N-dealkylation sites (N-methyl/N-ethyl adjacent to an activating group) is 1. The fourth-order valence-corrected chi connectivity index (χ4v) is 6.73. The van der Waals surface area contributed by atoms with Crippen LogP contribution < -0.4 is 5.32 Å². The Bertz CT molecular complexity index is 1610. The average molecular weight is 561 g/mol. The summed E-state index contributed by atoms with van der Waals surface area (Å²) in [5.74, 6) is -0.0923. The van der Waals surface area contributed by atoms with E-state index in [2.05, 4.69) is 29.0 Å². The van der Waals surface area contributed by atoms with Crippen LogP contribution in [0.5, 0.6) is 0 Å². The third kappa shape index (κ3) is 5.36. The minimum atomic E-state index is -3.65. The minimum Gasteiger partial charge on any atom is -0.358 e. The van der Waals surface area contributed by atoms with Crippen LogP contribution in [0.4, 0.5) is 5.69 Å². The third-order valence-electron chi connectivity index (χ3n) is 7.91. The fourth-order valence-electron chi connectivity index (χ4n) is 5.36. The number of nitrogens with zero attached hydrogens (tertiary/aromatic N) is 2. The molecule has 2 amide bonds. The van der Waals surface area contributed by atoms with Crippen LogP contribution in [0.15, 0.2) is 47.4 Å². The molecule has 2 aliphatic heterocycles. The molecule has 0 radical (unpaired) electrons. The van der Waals surface area contributed by atoms with Crippen molar-refractivity contribution in [2.75, 3.05) is 38.5 Å². The molecule has 0 saturated carbocycles. The molecule has 9 heteroatoms. The first-order valence-corrected chi connectivity index (χ1v) is 15.3. The first-order valence-electron chi connectivity index (χ1n) is 13.6. The maximum absolute atomic E-state index is 13.3. The van der Waals surface area contributed by atoms with Crippen LogP contribution in [0, 0.1) is 13.8 Å². The largest absolute Gasteiger partial charge is 0.358 e. The zero-order valence-corrected chi connectivity index (χ0v) is 24.5. The van der Waals surface area contributed by atoms with Gasteiger partial charge in [0, 0.05) is 48.8 Å². The molecular weight excluding hydrogens is 524 g/mol. The number of fused-ring (bicyclic) bond motifs is 1. The molecular formula is C31H36N4O4S. The van der Waals surface area contributed by atoms with Crippen molar-refractivity contribution in [1.29, 1.82) is 0 Å². The van der Waals surface area contributed by atoms with E-state index in [0.717, 1.165) is 29.9 Å². The van der Waals surface area contributed by atoms with Crippen molar-refractivity contribution in [3.05, 3.63) is 81.7 Å². The number of anilines is 1. The maximum Gasteiger partial charge on any atom is 0.256 e. The third-order valence-corrected chi connectivity index (χ3v) is 9.59. The molecule has 3 aromatic rings. The number of rotatable bonds is 6. The number of sulfone groups is 1. The van der Waals surface area contributed by atoms with Gasteiger partial charge in [-0.05, 0) is 67.8 Å². The van der Waals surface area contributed by atoms with Gasteiger partial charge in [-0.25, -0.2) is 8.42 Å². The van der Waals surface area contributed by atoms with Crippen molar-refractivity contribution < 1.29 is 18.0 Å².